The smallest absolute Gasteiger partial charge is 0.375 e. The van der Waals surface area contributed by atoms with E-state index < -0.39 is 23.4 Å². The van der Waals surface area contributed by atoms with Crippen molar-refractivity contribution in [1.82, 2.24) is 5.01 Å². The highest BCUT2D eigenvalue weighted by atomic mass is 32.1. The Morgan fingerprint density at radius 1 is 1.22 bits per heavy atom. The van der Waals surface area contributed by atoms with Crippen LogP contribution in [0.3, 0.4) is 0 Å². The summed E-state index contributed by atoms with van der Waals surface area (Å²) < 4.78 is 39.7. The fraction of sp³-hybridized carbons (Fsp3) is 0.200. The molecule has 1 aliphatic heterocycles. The van der Waals surface area contributed by atoms with Crippen LogP contribution < -0.4 is 5.73 Å². The zero-order chi connectivity index (χ0) is 16.8. The van der Waals surface area contributed by atoms with E-state index in [0.29, 0.717) is 5.56 Å². The monoisotopic (exact) mass is 339 g/mol. The maximum absolute atomic E-state index is 13.2. The number of aliphatic hydroxyl groups is 1. The predicted octanol–water partition coefficient (Wildman–Crippen LogP) is 2.74. The lowest BCUT2D eigenvalue weighted by atomic mass is 9.98. The van der Waals surface area contributed by atoms with E-state index >= 15 is 0 Å². The number of hydrogen-bond acceptors (Lipinski definition) is 3. The van der Waals surface area contributed by atoms with Crippen molar-refractivity contribution < 1.29 is 18.3 Å². The molecule has 3 rings (SSSR count). The zero-order valence-electron chi connectivity index (χ0n) is 11.7. The molecule has 0 aromatic heterocycles. The highest BCUT2D eigenvalue weighted by Gasteiger charge is 2.62. The molecule has 0 unspecified atom stereocenters. The van der Waals surface area contributed by atoms with Crippen LogP contribution in [0.4, 0.5) is 13.2 Å². The summed E-state index contributed by atoms with van der Waals surface area (Å²) in [6.45, 7) is 0. The number of nitrogens with zero attached hydrogens (tertiary/aromatic N) is 2. The third-order valence-corrected chi connectivity index (χ3v) is 3.90. The third kappa shape index (κ3) is 2.53. The minimum absolute atomic E-state index is 0.0726. The van der Waals surface area contributed by atoms with Gasteiger partial charge in [-0.1, -0.05) is 36.4 Å². The van der Waals surface area contributed by atoms with Crippen molar-refractivity contribution in [2.75, 3.05) is 0 Å². The van der Waals surface area contributed by atoms with Gasteiger partial charge in [-0.15, -0.1) is 0 Å². The van der Waals surface area contributed by atoms with Gasteiger partial charge in [0.1, 0.15) is 0 Å². The molecule has 1 heterocycles. The second-order valence-corrected chi connectivity index (χ2v) is 5.67. The summed E-state index contributed by atoms with van der Waals surface area (Å²) in [4.78, 5) is 0. The van der Waals surface area contributed by atoms with Crippen molar-refractivity contribution in [2.45, 2.75) is 18.3 Å². The second-order valence-electron chi connectivity index (χ2n) is 5.25. The summed E-state index contributed by atoms with van der Waals surface area (Å²) in [7, 11) is 0. The molecule has 0 radical (unpaired) electrons. The number of benzene rings is 2. The highest BCUT2D eigenvalue weighted by molar-refractivity contribution is 7.80. The van der Waals surface area contributed by atoms with Gasteiger partial charge in [0, 0.05) is 0 Å². The molecule has 2 aromatic carbocycles. The summed E-state index contributed by atoms with van der Waals surface area (Å²) >= 11 is 4.59. The topological polar surface area (TPSA) is 61.8 Å². The molecule has 0 spiro atoms. The van der Waals surface area contributed by atoms with Gasteiger partial charge in [-0.05, 0) is 34.6 Å². The normalized spacial score (nSPS) is 21.6. The molecule has 0 aliphatic carbocycles. The fourth-order valence-electron chi connectivity index (χ4n) is 2.53. The van der Waals surface area contributed by atoms with Crippen LogP contribution >= 0.6 is 12.2 Å². The molecular formula is C15H12F3N3OS. The molecular weight excluding hydrogens is 327 g/mol. The van der Waals surface area contributed by atoms with E-state index in [1.807, 2.05) is 24.3 Å². The van der Waals surface area contributed by atoms with Crippen LogP contribution in [-0.2, 0) is 0 Å². The minimum atomic E-state index is -4.95. The maximum atomic E-state index is 13.2. The first kappa shape index (κ1) is 15.7. The molecule has 0 fully saturated rings. The number of rotatable bonds is 1. The van der Waals surface area contributed by atoms with Crippen LogP contribution in [0.1, 0.15) is 12.0 Å². The summed E-state index contributed by atoms with van der Waals surface area (Å²) in [5.74, 6) is 0. The lowest BCUT2D eigenvalue weighted by Crippen LogP contribution is -2.57. The molecule has 0 saturated carbocycles. The van der Waals surface area contributed by atoms with Gasteiger partial charge < -0.3 is 10.8 Å². The van der Waals surface area contributed by atoms with Crippen molar-refractivity contribution in [2.24, 2.45) is 10.8 Å². The number of hydrogen-bond donors (Lipinski definition) is 2. The van der Waals surface area contributed by atoms with Crippen LogP contribution in [0.2, 0.25) is 0 Å². The van der Waals surface area contributed by atoms with Crippen LogP contribution in [0.5, 0.6) is 0 Å². The molecule has 2 aromatic rings. The molecule has 1 aliphatic rings. The predicted molar refractivity (Wildman–Crippen MR) is 84.7 cm³/mol. The first-order valence-electron chi connectivity index (χ1n) is 6.68. The third-order valence-electron chi connectivity index (χ3n) is 3.73. The number of thiocarbonyl (C=S) groups is 1. The van der Waals surface area contributed by atoms with Gasteiger partial charge in [0.05, 0.1) is 12.1 Å². The summed E-state index contributed by atoms with van der Waals surface area (Å²) in [5, 5.41) is 15.2. The van der Waals surface area contributed by atoms with Gasteiger partial charge in [0.15, 0.2) is 5.11 Å². The van der Waals surface area contributed by atoms with E-state index in [-0.39, 0.29) is 10.7 Å². The Bertz CT molecular complexity index is 821. The Balaban J connectivity index is 2.05. The minimum Gasteiger partial charge on any atom is -0.375 e. The quantitative estimate of drug-likeness (QED) is 0.785. The van der Waals surface area contributed by atoms with E-state index in [4.69, 9.17) is 5.73 Å². The van der Waals surface area contributed by atoms with Crippen LogP contribution in [0.25, 0.3) is 10.8 Å². The van der Waals surface area contributed by atoms with Gasteiger partial charge in [0.25, 0.3) is 5.72 Å². The first-order valence-corrected chi connectivity index (χ1v) is 7.08. The summed E-state index contributed by atoms with van der Waals surface area (Å²) in [6.07, 6.45) is -5.69. The number of alkyl halides is 3. The average Bonchev–Trinajstić information content (AvgIpc) is 2.86. The Morgan fingerprint density at radius 3 is 2.43 bits per heavy atom. The van der Waals surface area contributed by atoms with Crippen molar-refractivity contribution in [1.29, 1.82) is 0 Å². The zero-order valence-corrected chi connectivity index (χ0v) is 12.5. The first-order chi connectivity index (χ1) is 10.7. The van der Waals surface area contributed by atoms with Gasteiger partial charge in [-0.2, -0.15) is 23.3 Å². The molecule has 1 atom stereocenters. The average molecular weight is 339 g/mol. The number of hydrazone groups is 1. The summed E-state index contributed by atoms with van der Waals surface area (Å²) in [6, 6.07) is 12.6. The standard InChI is InChI=1S/C15H12F3N3OS/c16-15(17,18)14(22)8-12(20-21(14)13(19)23)11-6-5-9-3-1-2-4-10(9)7-11/h1-7,22H,8H2,(H2,19,23)/t14-/m0/s1. The maximum Gasteiger partial charge on any atom is 0.438 e. The highest BCUT2D eigenvalue weighted by Crippen LogP contribution is 2.41. The lowest BCUT2D eigenvalue weighted by Gasteiger charge is -2.32. The van der Waals surface area contributed by atoms with E-state index in [2.05, 4.69) is 17.3 Å². The molecule has 8 heteroatoms. The van der Waals surface area contributed by atoms with Crippen molar-refractivity contribution in [3.8, 4) is 0 Å². The Kier molecular flexibility index (Phi) is 3.53. The molecule has 3 N–H and O–H groups in total. The van der Waals surface area contributed by atoms with E-state index in [0.717, 1.165) is 10.8 Å². The van der Waals surface area contributed by atoms with Crippen LogP contribution in [0, 0.1) is 0 Å². The van der Waals surface area contributed by atoms with Crippen molar-refractivity contribution in [3.05, 3.63) is 48.0 Å². The molecule has 120 valence electrons. The fourth-order valence-corrected chi connectivity index (χ4v) is 2.72. The molecule has 0 bridgehead atoms. The van der Waals surface area contributed by atoms with Crippen LogP contribution in [0.15, 0.2) is 47.6 Å². The van der Waals surface area contributed by atoms with E-state index in [1.165, 1.54) is 0 Å². The van der Waals surface area contributed by atoms with Gasteiger partial charge in [-0.3, -0.25) is 0 Å². The molecule has 4 nitrogen and oxygen atoms in total. The van der Waals surface area contributed by atoms with Gasteiger partial charge in [0.2, 0.25) is 0 Å². The van der Waals surface area contributed by atoms with Crippen molar-refractivity contribution in [3.63, 3.8) is 0 Å². The van der Waals surface area contributed by atoms with Gasteiger partial charge >= 0.3 is 6.18 Å². The van der Waals surface area contributed by atoms with Crippen LogP contribution in [-0.4, -0.2) is 32.8 Å². The Labute approximate surface area is 135 Å². The molecule has 23 heavy (non-hydrogen) atoms. The van der Waals surface area contributed by atoms with E-state index in [1.54, 1.807) is 18.2 Å². The largest absolute Gasteiger partial charge is 0.438 e. The number of fused-ring (bicyclic) bond motifs is 1. The summed E-state index contributed by atoms with van der Waals surface area (Å²) in [5.41, 5.74) is 2.62. The molecule has 0 saturated heterocycles. The van der Waals surface area contributed by atoms with E-state index in [9.17, 15) is 18.3 Å². The van der Waals surface area contributed by atoms with Gasteiger partial charge in [-0.25, -0.2) is 0 Å². The number of halogens is 3. The SMILES string of the molecule is NC(=S)N1N=C(c2ccc3ccccc3c2)C[C@]1(O)C(F)(F)F. The van der Waals surface area contributed by atoms with Crippen molar-refractivity contribution >= 4 is 33.8 Å². The molecule has 0 amide bonds. The lowest BCUT2D eigenvalue weighted by molar-refractivity contribution is -0.294. The second kappa shape index (κ2) is 5.17. The Morgan fingerprint density at radius 2 is 1.87 bits per heavy atom. The Hall–Kier alpha value is -2.19. The number of nitrogens with two attached hydrogens (primary N) is 1.